The van der Waals surface area contributed by atoms with Crippen LogP contribution in [0, 0.1) is 11.6 Å². The molecule has 0 saturated carbocycles. The van der Waals surface area contributed by atoms with Crippen LogP contribution >= 0.6 is 12.4 Å². The Morgan fingerprint density at radius 1 is 0.726 bits per heavy atom. The average molecular weight is 907 g/mol. The van der Waals surface area contributed by atoms with Crippen molar-refractivity contribution >= 4 is 35.3 Å². The minimum absolute atomic E-state index is 0. The van der Waals surface area contributed by atoms with Gasteiger partial charge in [-0.2, -0.15) is 36.5 Å². The molecule has 24 heteroatoms. The molecular weight excluding hydrogens is 874 g/mol. The number of carboxylic acid groups (broad SMARTS) is 1. The van der Waals surface area contributed by atoms with Gasteiger partial charge in [0.05, 0.1) is 30.1 Å². The van der Waals surface area contributed by atoms with Crippen LogP contribution in [0.1, 0.15) is 24.0 Å². The number of nitrogens with one attached hydrogen (secondary N) is 1. The van der Waals surface area contributed by atoms with Crippen LogP contribution in [0.15, 0.2) is 83.2 Å². The lowest BCUT2D eigenvalue weighted by atomic mass is 10.0. The number of hydrogen-bond acceptors (Lipinski definition) is 7. The lowest BCUT2D eigenvalue weighted by molar-refractivity contribution is -0.140. The van der Waals surface area contributed by atoms with Crippen molar-refractivity contribution in [2.75, 3.05) is 26.2 Å². The second kappa shape index (κ2) is 18.8. The summed E-state index contributed by atoms with van der Waals surface area (Å²) >= 11 is 0. The number of alkyl halides is 8. The molecule has 62 heavy (non-hydrogen) atoms. The predicted molar refractivity (Wildman–Crippen MR) is 203 cm³/mol. The van der Waals surface area contributed by atoms with Crippen LogP contribution in [0.4, 0.5) is 43.9 Å². The van der Waals surface area contributed by atoms with Gasteiger partial charge < -0.3 is 24.5 Å². The Bertz CT molecular complexity index is 2710. The summed E-state index contributed by atoms with van der Waals surface area (Å²) in [6.07, 6.45) is -2.96. The van der Waals surface area contributed by atoms with E-state index in [4.69, 9.17) is 5.11 Å². The summed E-state index contributed by atoms with van der Waals surface area (Å²) in [5.74, 6) is -4.56. The Labute approximate surface area is 348 Å². The largest absolute Gasteiger partial charge is 0.480 e. The quantitative estimate of drug-likeness (QED) is 0.193. The van der Waals surface area contributed by atoms with Gasteiger partial charge in [-0.1, -0.05) is 12.1 Å². The van der Waals surface area contributed by atoms with Gasteiger partial charge in [-0.05, 0) is 54.8 Å². The Hall–Kier alpha value is -6.23. The van der Waals surface area contributed by atoms with E-state index in [-0.39, 0.29) is 71.7 Å². The third-order valence-electron chi connectivity index (χ3n) is 9.55. The number of nitrogens with zero attached hydrogens (tertiary/aromatic N) is 7. The molecule has 0 spiro atoms. The fourth-order valence-corrected chi connectivity index (χ4v) is 6.52. The van der Waals surface area contributed by atoms with Gasteiger partial charge in [-0.25, -0.2) is 26.6 Å². The number of hydrogen-bond donors (Lipinski definition) is 2. The summed E-state index contributed by atoms with van der Waals surface area (Å²) in [6.45, 7) is 0.691. The molecule has 13 nitrogen and oxygen atoms in total. The van der Waals surface area contributed by atoms with E-state index in [0.717, 1.165) is 38.5 Å². The van der Waals surface area contributed by atoms with Crippen LogP contribution < -0.4 is 16.4 Å². The minimum atomic E-state index is -4.90. The third kappa shape index (κ3) is 10.4. The van der Waals surface area contributed by atoms with Crippen molar-refractivity contribution in [2.24, 2.45) is 0 Å². The molecule has 2 fully saturated rings. The average Bonchev–Trinajstić information content (AvgIpc) is 4.02. The molecule has 6 aromatic rings. The number of benzene rings is 2. The molecule has 0 aliphatic carbocycles. The smallest absolute Gasteiger partial charge is 0.419 e. The molecule has 0 bridgehead atoms. The first-order chi connectivity index (χ1) is 28.7. The molecule has 2 N–H and O–H groups in total. The highest BCUT2D eigenvalue weighted by molar-refractivity contribution is 5.85. The number of carboxylic acids is 1. The highest BCUT2D eigenvalue weighted by Gasteiger charge is 2.36. The normalized spacial score (nSPS) is 16.4. The van der Waals surface area contributed by atoms with Crippen LogP contribution in [-0.2, 0) is 35.0 Å². The molecule has 6 heterocycles. The first-order valence-electron chi connectivity index (χ1n) is 18.1. The molecule has 2 aromatic carbocycles. The van der Waals surface area contributed by atoms with E-state index in [2.05, 4.69) is 15.5 Å². The van der Waals surface area contributed by atoms with E-state index in [1.54, 1.807) is 0 Å². The SMILES string of the molecule is Cl.FC1CCNC1.O=C(Cn1ccn2ncc(-c3ccc(F)c(C(F)(F)F)c3)c2c1=O)N1CCC(F)C1.O=C(O)Cn1ccn2ncc(-c3ccc(F)c(C(F)(F)F)c3)c2c1=O. The molecular formula is C38H33ClF10N8O5. The summed E-state index contributed by atoms with van der Waals surface area (Å²) in [5.41, 5.74) is -4.49. The second-order valence-corrected chi connectivity index (χ2v) is 13.8. The molecule has 2 aliphatic heterocycles. The number of halogens is 11. The monoisotopic (exact) mass is 906 g/mol. The van der Waals surface area contributed by atoms with Gasteiger partial charge in [-0.15, -0.1) is 12.4 Å². The number of fused-ring (bicyclic) bond motifs is 2. The van der Waals surface area contributed by atoms with Gasteiger partial charge in [0, 0.05) is 49.0 Å². The van der Waals surface area contributed by atoms with E-state index < -0.39 is 77.0 Å². The lowest BCUT2D eigenvalue weighted by Crippen LogP contribution is -2.35. The highest BCUT2D eigenvalue weighted by Crippen LogP contribution is 2.36. The van der Waals surface area contributed by atoms with Crippen molar-refractivity contribution in [1.29, 1.82) is 0 Å². The number of rotatable bonds is 6. The summed E-state index contributed by atoms with van der Waals surface area (Å²) in [4.78, 5) is 49.8. The molecule has 332 valence electrons. The van der Waals surface area contributed by atoms with E-state index in [1.807, 2.05) is 0 Å². The summed E-state index contributed by atoms with van der Waals surface area (Å²) in [7, 11) is 0. The van der Waals surface area contributed by atoms with Crippen LogP contribution in [0.2, 0.25) is 0 Å². The maximum atomic E-state index is 13.6. The van der Waals surface area contributed by atoms with Gasteiger partial charge >= 0.3 is 18.3 Å². The molecule has 2 saturated heterocycles. The van der Waals surface area contributed by atoms with Crippen LogP contribution in [0.5, 0.6) is 0 Å². The zero-order valence-electron chi connectivity index (χ0n) is 31.6. The zero-order chi connectivity index (χ0) is 44.4. The molecule has 2 aliphatic rings. The van der Waals surface area contributed by atoms with E-state index in [0.29, 0.717) is 37.2 Å². The minimum Gasteiger partial charge on any atom is -0.480 e. The van der Waals surface area contributed by atoms with Crippen molar-refractivity contribution in [3.63, 3.8) is 0 Å². The van der Waals surface area contributed by atoms with Crippen LogP contribution in [-0.4, -0.2) is 88.8 Å². The first kappa shape index (κ1) is 46.8. The number of carbonyl (C=O) groups is 2. The van der Waals surface area contributed by atoms with E-state index >= 15 is 0 Å². The van der Waals surface area contributed by atoms with Gasteiger partial charge in [-0.3, -0.25) is 19.2 Å². The summed E-state index contributed by atoms with van der Waals surface area (Å²) in [6, 6.07) is 4.73. The number of carbonyl (C=O) groups excluding carboxylic acids is 1. The van der Waals surface area contributed by atoms with Gasteiger partial charge in [0.1, 0.15) is 48.1 Å². The molecule has 2 atom stereocenters. The second-order valence-electron chi connectivity index (χ2n) is 13.8. The van der Waals surface area contributed by atoms with Crippen LogP contribution in [0.3, 0.4) is 0 Å². The maximum Gasteiger partial charge on any atom is 0.419 e. The number of likely N-dealkylation sites (tertiary alicyclic amines) is 1. The van der Waals surface area contributed by atoms with Crippen molar-refractivity contribution in [1.82, 2.24) is 38.6 Å². The third-order valence-corrected chi connectivity index (χ3v) is 9.55. The first-order valence-corrected chi connectivity index (χ1v) is 18.1. The van der Waals surface area contributed by atoms with E-state index in [9.17, 15) is 63.1 Å². The molecule has 4 aromatic heterocycles. The van der Waals surface area contributed by atoms with Crippen LogP contribution in [0.25, 0.3) is 33.3 Å². The van der Waals surface area contributed by atoms with E-state index in [1.165, 1.54) is 40.4 Å². The maximum absolute atomic E-state index is 13.6. The fraction of sp³-hybridized carbons (Fsp3) is 0.316. The van der Waals surface area contributed by atoms with Crippen molar-refractivity contribution < 1.29 is 58.6 Å². The Balaban J connectivity index is 0.000000205. The standard InChI is InChI=1S/C19H15F5N4O2.C15H9F4N3O3.C4H8FN.ClH/c20-12-3-4-26(9-12)16(29)10-27-5-6-28-17(18(27)30)13(8-25-28)11-1-2-15(21)14(7-11)19(22,23)24;16-11-2-1-8(5-10(11)15(17,18)19)9-6-20-22-4-3-21(7-12(23)24)14(25)13(9)22;5-4-1-2-6-3-4;/h1-2,5-8,12H,3-4,9-10H2;1-6H,7H2,(H,23,24);4,6H,1-3H2;1H. The number of amides is 1. The zero-order valence-corrected chi connectivity index (χ0v) is 32.5. The Kier molecular flexibility index (Phi) is 14.2. The van der Waals surface area contributed by atoms with Crippen molar-refractivity contribution in [3.05, 3.63) is 117 Å². The molecule has 2 unspecified atom stereocenters. The van der Waals surface area contributed by atoms with Crippen molar-refractivity contribution in [3.8, 4) is 22.3 Å². The molecule has 8 rings (SSSR count). The molecule has 0 radical (unpaired) electrons. The lowest BCUT2D eigenvalue weighted by Gasteiger charge is -2.16. The van der Waals surface area contributed by atoms with Crippen molar-refractivity contribution in [2.45, 2.75) is 50.6 Å². The summed E-state index contributed by atoms with van der Waals surface area (Å²) in [5, 5.41) is 19.5. The topological polar surface area (TPSA) is 148 Å². The van der Waals surface area contributed by atoms with Gasteiger partial charge in [0.2, 0.25) is 5.91 Å². The molecule has 1 amide bonds. The highest BCUT2D eigenvalue weighted by atomic mass is 35.5. The Morgan fingerprint density at radius 3 is 1.58 bits per heavy atom. The Morgan fingerprint density at radius 2 is 1.21 bits per heavy atom. The predicted octanol–water partition coefficient (Wildman–Crippen LogP) is 6.04. The van der Waals surface area contributed by atoms with Gasteiger partial charge in [0.15, 0.2) is 0 Å². The number of aromatic nitrogens is 6. The van der Waals surface area contributed by atoms with Gasteiger partial charge in [0.25, 0.3) is 11.1 Å². The number of aliphatic carboxylic acids is 1. The summed E-state index contributed by atoms with van der Waals surface area (Å²) < 4.78 is 134. The fourth-order valence-electron chi connectivity index (χ4n) is 6.52.